The average Bonchev–Trinajstić information content (AvgIpc) is 3.98. The zero-order valence-electron chi connectivity index (χ0n) is 30.0. The smallest absolute Gasteiger partial charge is 0.167 e. The molecule has 0 N–H and O–H groups in total. The molecular formula is C49H27N5O2S. The predicted octanol–water partition coefficient (Wildman–Crippen LogP) is 13.2. The lowest BCUT2D eigenvalue weighted by Crippen LogP contribution is -2.00. The number of fused-ring (bicyclic) bond motifs is 9. The topological polar surface area (TPSA) is 90.7 Å². The van der Waals surface area contributed by atoms with E-state index in [-0.39, 0.29) is 0 Å². The maximum absolute atomic E-state index is 6.79. The summed E-state index contributed by atoms with van der Waals surface area (Å²) in [6, 6.07) is 55.1. The summed E-state index contributed by atoms with van der Waals surface area (Å²) in [5, 5.41) is 5.01. The van der Waals surface area contributed by atoms with Crippen LogP contribution in [0.15, 0.2) is 173 Å². The van der Waals surface area contributed by atoms with Crippen molar-refractivity contribution in [1.29, 1.82) is 0 Å². The first-order valence-corrected chi connectivity index (χ1v) is 19.5. The van der Waals surface area contributed by atoms with Crippen molar-refractivity contribution < 1.29 is 8.83 Å². The molecule has 0 radical (unpaired) electrons. The van der Waals surface area contributed by atoms with E-state index in [4.69, 9.17) is 33.8 Å². The zero-order valence-corrected chi connectivity index (χ0v) is 30.9. The first-order valence-electron chi connectivity index (χ1n) is 18.7. The second-order valence-corrected chi connectivity index (χ2v) is 15.0. The molecule has 0 aliphatic rings. The van der Waals surface area contributed by atoms with E-state index in [2.05, 4.69) is 72.8 Å². The second kappa shape index (κ2) is 12.5. The van der Waals surface area contributed by atoms with Gasteiger partial charge in [0.2, 0.25) is 0 Å². The van der Waals surface area contributed by atoms with Gasteiger partial charge in [-0.3, -0.25) is 0 Å². The number of aromatic nitrogens is 5. The molecule has 12 rings (SSSR count). The lowest BCUT2D eigenvalue weighted by molar-refractivity contribution is 0.669. The summed E-state index contributed by atoms with van der Waals surface area (Å²) >= 11 is 1.73. The van der Waals surface area contributed by atoms with Crippen molar-refractivity contribution in [2.75, 3.05) is 0 Å². The Hall–Kier alpha value is -7.55. The maximum Gasteiger partial charge on any atom is 0.167 e. The molecular weight excluding hydrogens is 723 g/mol. The van der Waals surface area contributed by atoms with Crippen LogP contribution in [0.25, 0.3) is 121 Å². The highest BCUT2D eigenvalue weighted by atomic mass is 32.1. The van der Waals surface area contributed by atoms with Crippen LogP contribution < -0.4 is 0 Å². The Morgan fingerprint density at radius 2 is 0.912 bits per heavy atom. The fraction of sp³-hybridized carbons (Fsp3) is 0. The molecule has 12 aromatic rings. The van der Waals surface area contributed by atoms with Gasteiger partial charge in [-0.1, -0.05) is 133 Å². The average molecular weight is 750 g/mol. The lowest BCUT2D eigenvalue weighted by Gasteiger charge is -2.09. The second-order valence-electron chi connectivity index (χ2n) is 14.0. The van der Waals surface area contributed by atoms with E-state index in [1.165, 1.54) is 4.70 Å². The first-order chi connectivity index (χ1) is 28.2. The molecule has 7 nitrogen and oxygen atoms in total. The Morgan fingerprint density at radius 1 is 0.368 bits per heavy atom. The van der Waals surface area contributed by atoms with E-state index in [1.807, 2.05) is 91.0 Å². The van der Waals surface area contributed by atoms with Gasteiger partial charge in [0.1, 0.15) is 22.3 Å². The summed E-state index contributed by atoms with van der Waals surface area (Å²) in [5.41, 5.74) is 9.12. The van der Waals surface area contributed by atoms with Crippen LogP contribution in [-0.4, -0.2) is 24.9 Å². The predicted molar refractivity (Wildman–Crippen MR) is 230 cm³/mol. The number of para-hydroxylation sites is 3. The molecule has 0 aliphatic heterocycles. The Labute approximate surface area is 328 Å². The normalized spacial score (nSPS) is 11.9. The molecule has 0 unspecified atom stereocenters. The molecule has 5 aromatic heterocycles. The van der Waals surface area contributed by atoms with Gasteiger partial charge in [-0.05, 0) is 30.3 Å². The zero-order chi connectivity index (χ0) is 37.5. The first kappa shape index (κ1) is 31.8. The van der Waals surface area contributed by atoms with Gasteiger partial charge in [-0.2, -0.15) is 0 Å². The molecule has 7 aromatic carbocycles. The van der Waals surface area contributed by atoms with Crippen LogP contribution in [0, 0.1) is 0 Å². The van der Waals surface area contributed by atoms with Gasteiger partial charge in [-0.15, -0.1) is 11.3 Å². The van der Waals surface area contributed by atoms with Crippen molar-refractivity contribution in [3.05, 3.63) is 164 Å². The fourth-order valence-corrected chi connectivity index (χ4v) is 9.12. The number of thiophene rings is 1. The quantitative estimate of drug-likeness (QED) is 0.173. The molecule has 0 fully saturated rings. The fourth-order valence-electron chi connectivity index (χ4n) is 7.97. The van der Waals surface area contributed by atoms with Crippen LogP contribution >= 0.6 is 11.3 Å². The minimum absolute atomic E-state index is 0.493. The van der Waals surface area contributed by atoms with Crippen LogP contribution in [0.3, 0.4) is 0 Å². The Morgan fingerprint density at radius 3 is 1.70 bits per heavy atom. The molecule has 0 saturated heterocycles. The van der Waals surface area contributed by atoms with Gasteiger partial charge in [0.05, 0.1) is 27.0 Å². The molecule has 0 saturated carbocycles. The molecule has 57 heavy (non-hydrogen) atoms. The van der Waals surface area contributed by atoms with E-state index >= 15 is 0 Å². The van der Waals surface area contributed by atoms with Gasteiger partial charge in [0.15, 0.2) is 23.3 Å². The van der Waals surface area contributed by atoms with Gasteiger partial charge in [-0.25, -0.2) is 24.9 Å². The molecule has 0 aliphatic carbocycles. The third-order valence-corrected chi connectivity index (χ3v) is 11.8. The summed E-state index contributed by atoms with van der Waals surface area (Å²) in [6.45, 7) is 0. The van der Waals surface area contributed by atoms with E-state index in [1.54, 1.807) is 11.3 Å². The number of benzene rings is 7. The van der Waals surface area contributed by atoms with E-state index < -0.39 is 0 Å². The van der Waals surface area contributed by atoms with Crippen molar-refractivity contribution in [2.24, 2.45) is 0 Å². The number of hydrogen-bond acceptors (Lipinski definition) is 8. The van der Waals surface area contributed by atoms with Crippen LogP contribution in [0.2, 0.25) is 0 Å². The van der Waals surface area contributed by atoms with Gasteiger partial charge in [0, 0.05) is 48.3 Å². The summed E-state index contributed by atoms with van der Waals surface area (Å²) in [6.07, 6.45) is 0. The Bertz CT molecular complexity index is 3540. The van der Waals surface area contributed by atoms with Crippen molar-refractivity contribution in [3.8, 4) is 56.8 Å². The summed E-state index contributed by atoms with van der Waals surface area (Å²) < 4.78 is 15.5. The molecule has 0 amide bonds. The summed E-state index contributed by atoms with van der Waals surface area (Å²) in [7, 11) is 0. The minimum Gasteiger partial charge on any atom is -0.455 e. The highest BCUT2D eigenvalue weighted by molar-refractivity contribution is 7.26. The number of rotatable bonds is 5. The Balaban J connectivity index is 1.09. The van der Waals surface area contributed by atoms with Crippen LogP contribution in [0.1, 0.15) is 0 Å². The van der Waals surface area contributed by atoms with Crippen molar-refractivity contribution in [2.45, 2.75) is 0 Å². The minimum atomic E-state index is 0.493. The highest BCUT2D eigenvalue weighted by Crippen LogP contribution is 2.43. The van der Waals surface area contributed by atoms with Gasteiger partial charge in [0.25, 0.3) is 0 Å². The number of nitrogens with zero attached hydrogens (tertiary/aromatic N) is 5. The SMILES string of the molecule is c1ccc(-c2nc(-c3cccc4c3oc3ccccc34)nc(-c3cccc4c3oc3cccc(-c5nc(-c6ccccc6)c6sc7ccccc7c6n5)c34)n2)cc1. The number of hydrogen-bond donors (Lipinski definition) is 0. The third-order valence-electron chi connectivity index (χ3n) is 10.6. The van der Waals surface area contributed by atoms with Crippen molar-refractivity contribution in [1.82, 2.24) is 24.9 Å². The van der Waals surface area contributed by atoms with E-state index in [0.29, 0.717) is 28.9 Å². The van der Waals surface area contributed by atoms with Gasteiger partial charge >= 0.3 is 0 Å². The molecule has 5 heterocycles. The maximum atomic E-state index is 6.79. The molecule has 0 bridgehead atoms. The monoisotopic (exact) mass is 749 g/mol. The summed E-state index contributed by atoms with van der Waals surface area (Å²) in [4.78, 5) is 25.9. The molecule has 0 spiro atoms. The Kier molecular flexibility index (Phi) is 6.96. The summed E-state index contributed by atoms with van der Waals surface area (Å²) in [5.74, 6) is 2.19. The highest BCUT2D eigenvalue weighted by Gasteiger charge is 2.23. The lowest BCUT2D eigenvalue weighted by atomic mass is 10.0. The van der Waals surface area contributed by atoms with Crippen LogP contribution in [0.5, 0.6) is 0 Å². The van der Waals surface area contributed by atoms with Crippen molar-refractivity contribution in [3.63, 3.8) is 0 Å². The molecule has 266 valence electrons. The van der Waals surface area contributed by atoms with Crippen LogP contribution in [0.4, 0.5) is 0 Å². The largest absolute Gasteiger partial charge is 0.455 e. The molecule has 8 heteroatoms. The van der Waals surface area contributed by atoms with E-state index in [0.717, 1.165) is 87.4 Å². The van der Waals surface area contributed by atoms with Crippen molar-refractivity contribution >= 4 is 75.5 Å². The molecule has 0 atom stereocenters. The standard InChI is InChI=1S/C49H27N5O2S/c1-3-14-28(15-4-1)41-45-42(32-19-8-10-27-39(32)57-45)51-47(50-41)34-22-13-26-38-40(34)33-21-12-24-36(44(33)56-38)49-53-46(29-16-5-2-6-17-29)52-48(54-49)35-23-11-20-31-30-18-7-9-25-37(30)55-43(31)35/h1-27H. The van der Waals surface area contributed by atoms with E-state index in [9.17, 15) is 0 Å². The third kappa shape index (κ3) is 5.01. The van der Waals surface area contributed by atoms with Crippen LogP contribution in [-0.2, 0) is 0 Å². The van der Waals surface area contributed by atoms with Gasteiger partial charge < -0.3 is 8.83 Å². The number of furan rings is 2.